The van der Waals surface area contributed by atoms with Gasteiger partial charge in [0.05, 0.1) is 6.61 Å². The number of ether oxygens (including phenoxy) is 2. The van der Waals surface area contributed by atoms with Crippen LogP contribution >= 0.6 is 0 Å². The largest absolute Gasteiger partial charge is 0.463 e. The Bertz CT molecular complexity index is 296. The average Bonchev–Trinajstić information content (AvgIpc) is 2.30. The molecule has 96 valence electrons. The fraction of sp³-hybridized carbons (Fsp3) is 0.692. The van der Waals surface area contributed by atoms with Crippen LogP contribution in [0.2, 0.25) is 0 Å². The Kier molecular flexibility index (Phi) is 5.73. The molecule has 1 saturated carbocycles. The van der Waals surface area contributed by atoms with Gasteiger partial charge in [-0.3, -0.25) is 0 Å². The van der Waals surface area contributed by atoms with E-state index in [1.807, 2.05) is 0 Å². The molecule has 0 N–H and O–H groups in total. The Hall–Kier alpha value is -1.32. The third-order valence-electron chi connectivity index (χ3n) is 2.94. The lowest BCUT2D eigenvalue weighted by atomic mass is 9.88. The van der Waals surface area contributed by atoms with Crippen LogP contribution in [-0.4, -0.2) is 24.6 Å². The van der Waals surface area contributed by atoms with Gasteiger partial charge in [0.1, 0.15) is 6.10 Å². The fourth-order valence-corrected chi connectivity index (χ4v) is 1.97. The van der Waals surface area contributed by atoms with Gasteiger partial charge in [0.25, 0.3) is 0 Å². The number of hydrogen-bond acceptors (Lipinski definition) is 4. The molecule has 0 aromatic rings. The van der Waals surface area contributed by atoms with Crippen molar-refractivity contribution in [1.29, 1.82) is 0 Å². The molecule has 0 heterocycles. The van der Waals surface area contributed by atoms with E-state index in [2.05, 4.69) is 11.7 Å². The maximum Gasteiger partial charge on any atom is 0.331 e. The van der Waals surface area contributed by atoms with E-state index < -0.39 is 11.9 Å². The van der Waals surface area contributed by atoms with Gasteiger partial charge in [0.15, 0.2) is 0 Å². The highest BCUT2D eigenvalue weighted by molar-refractivity contribution is 5.91. The molecule has 0 amide bonds. The normalized spacial score (nSPS) is 24.6. The van der Waals surface area contributed by atoms with Crippen molar-refractivity contribution in [3.05, 3.63) is 12.2 Å². The Morgan fingerprint density at radius 2 is 1.82 bits per heavy atom. The van der Waals surface area contributed by atoms with Crippen molar-refractivity contribution in [2.45, 2.75) is 45.6 Å². The summed E-state index contributed by atoms with van der Waals surface area (Å²) in [6.07, 6.45) is 6.55. The molecular formula is C13H20O4. The van der Waals surface area contributed by atoms with Crippen molar-refractivity contribution in [1.82, 2.24) is 0 Å². The molecule has 0 spiro atoms. The summed E-state index contributed by atoms with van der Waals surface area (Å²) in [7, 11) is 0. The average molecular weight is 240 g/mol. The zero-order valence-corrected chi connectivity index (χ0v) is 10.5. The van der Waals surface area contributed by atoms with E-state index in [-0.39, 0.29) is 6.10 Å². The van der Waals surface area contributed by atoms with Crippen LogP contribution in [0.15, 0.2) is 12.2 Å². The number of esters is 2. The summed E-state index contributed by atoms with van der Waals surface area (Å²) in [6.45, 7) is 4.11. The van der Waals surface area contributed by atoms with E-state index in [9.17, 15) is 9.59 Å². The highest BCUT2D eigenvalue weighted by Crippen LogP contribution is 2.26. The van der Waals surface area contributed by atoms with E-state index in [4.69, 9.17) is 4.74 Å². The topological polar surface area (TPSA) is 52.6 Å². The SMILES string of the molecule is CCOC(=O)/C=C/C(=O)OC1CCCCC1C. The maximum absolute atomic E-state index is 11.4. The summed E-state index contributed by atoms with van der Waals surface area (Å²) in [5, 5.41) is 0. The lowest BCUT2D eigenvalue weighted by Gasteiger charge is -2.27. The molecule has 0 bridgehead atoms. The highest BCUT2D eigenvalue weighted by Gasteiger charge is 2.23. The number of rotatable bonds is 4. The first-order valence-electron chi connectivity index (χ1n) is 6.19. The fourth-order valence-electron chi connectivity index (χ4n) is 1.97. The summed E-state index contributed by atoms with van der Waals surface area (Å²) in [5.41, 5.74) is 0. The number of carbonyl (C=O) groups excluding carboxylic acids is 2. The second-order valence-corrected chi connectivity index (χ2v) is 4.32. The van der Waals surface area contributed by atoms with Crippen molar-refractivity contribution in [2.24, 2.45) is 5.92 Å². The van der Waals surface area contributed by atoms with E-state index in [1.54, 1.807) is 6.92 Å². The predicted molar refractivity (Wildman–Crippen MR) is 63.3 cm³/mol. The molecule has 0 radical (unpaired) electrons. The van der Waals surface area contributed by atoms with Gasteiger partial charge in [-0.15, -0.1) is 0 Å². The second kappa shape index (κ2) is 7.09. The maximum atomic E-state index is 11.4. The first kappa shape index (κ1) is 13.7. The molecule has 0 aliphatic heterocycles. The first-order chi connectivity index (χ1) is 8.13. The van der Waals surface area contributed by atoms with Gasteiger partial charge < -0.3 is 9.47 Å². The smallest absolute Gasteiger partial charge is 0.331 e. The van der Waals surface area contributed by atoms with Crippen LogP contribution in [0.5, 0.6) is 0 Å². The first-order valence-corrected chi connectivity index (χ1v) is 6.19. The van der Waals surface area contributed by atoms with Crippen molar-refractivity contribution in [3.63, 3.8) is 0 Å². The van der Waals surface area contributed by atoms with E-state index in [0.717, 1.165) is 31.4 Å². The van der Waals surface area contributed by atoms with Crippen LogP contribution in [0.25, 0.3) is 0 Å². The van der Waals surface area contributed by atoms with Gasteiger partial charge in [-0.25, -0.2) is 9.59 Å². The zero-order chi connectivity index (χ0) is 12.7. The summed E-state index contributed by atoms with van der Waals surface area (Å²) < 4.78 is 9.97. The van der Waals surface area contributed by atoms with E-state index in [0.29, 0.717) is 12.5 Å². The molecule has 2 atom stereocenters. The minimum absolute atomic E-state index is 0.0110. The molecular weight excluding hydrogens is 220 g/mol. The minimum Gasteiger partial charge on any atom is -0.463 e. The Balaban J connectivity index is 2.35. The number of carbonyl (C=O) groups is 2. The second-order valence-electron chi connectivity index (χ2n) is 4.32. The van der Waals surface area contributed by atoms with Gasteiger partial charge in [-0.05, 0) is 32.1 Å². The summed E-state index contributed by atoms with van der Waals surface area (Å²) >= 11 is 0. The molecule has 4 nitrogen and oxygen atoms in total. The molecule has 0 aromatic heterocycles. The number of hydrogen-bond donors (Lipinski definition) is 0. The van der Waals surface area contributed by atoms with Crippen LogP contribution in [0, 0.1) is 5.92 Å². The molecule has 2 unspecified atom stereocenters. The van der Waals surface area contributed by atoms with Crippen molar-refractivity contribution in [3.8, 4) is 0 Å². The monoisotopic (exact) mass is 240 g/mol. The predicted octanol–water partition coefficient (Wildman–Crippen LogP) is 2.23. The Morgan fingerprint density at radius 1 is 1.18 bits per heavy atom. The lowest BCUT2D eigenvalue weighted by Crippen LogP contribution is -2.27. The van der Waals surface area contributed by atoms with Gasteiger partial charge in [-0.2, -0.15) is 0 Å². The third kappa shape index (κ3) is 5.02. The van der Waals surface area contributed by atoms with Crippen LogP contribution < -0.4 is 0 Å². The summed E-state index contributed by atoms with van der Waals surface area (Å²) in [5.74, 6) is -0.568. The minimum atomic E-state index is -0.513. The third-order valence-corrected chi connectivity index (χ3v) is 2.94. The molecule has 0 aromatic carbocycles. The van der Waals surface area contributed by atoms with Crippen LogP contribution in [0.3, 0.4) is 0 Å². The van der Waals surface area contributed by atoms with Crippen LogP contribution in [0.4, 0.5) is 0 Å². The van der Waals surface area contributed by atoms with Crippen molar-refractivity contribution >= 4 is 11.9 Å². The molecule has 17 heavy (non-hydrogen) atoms. The lowest BCUT2D eigenvalue weighted by molar-refractivity contribution is -0.147. The molecule has 1 aliphatic rings. The van der Waals surface area contributed by atoms with Gasteiger partial charge in [0.2, 0.25) is 0 Å². The molecule has 1 fully saturated rings. The molecule has 0 saturated heterocycles. The Morgan fingerprint density at radius 3 is 2.47 bits per heavy atom. The van der Waals surface area contributed by atoms with E-state index >= 15 is 0 Å². The highest BCUT2D eigenvalue weighted by atomic mass is 16.5. The van der Waals surface area contributed by atoms with Crippen molar-refractivity contribution in [2.75, 3.05) is 6.61 Å². The van der Waals surface area contributed by atoms with Crippen molar-refractivity contribution < 1.29 is 19.1 Å². The summed E-state index contributed by atoms with van der Waals surface area (Å²) in [4.78, 5) is 22.4. The molecule has 4 heteroatoms. The summed E-state index contributed by atoms with van der Waals surface area (Å²) in [6, 6.07) is 0. The standard InChI is InChI=1S/C13H20O4/c1-3-16-12(14)8-9-13(15)17-11-7-5-4-6-10(11)2/h8-11H,3-7H2,1-2H3/b9-8+. The van der Waals surface area contributed by atoms with E-state index in [1.165, 1.54) is 6.42 Å². The molecule has 1 aliphatic carbocycles. The van der Waals surface area contributed by atoms with Crippen LogP contribution in [0.1, 0.15) is 39.5 Å². The molecule has 1 rings (SSSR count). The van der Waals surface area contributed by atoms with Gasteiger partial charge >= 0.3 is 11.9 Å². The van der Waals surface area contributed by atoms with Gasteiger partial charge in [-0.1, -0.05) is 13.3 Å². The van der Waals surface area contributed by atoms with Crippen LogP contribution in [-0.2, 0) is 19.1 Å². The quantitative estimate of drug-likeness (QED) is 0.558. The van der Waals surface area contributed by atoms with Gasteiger partial charge in [0, 0.05) is 12.2 Å². The zero-order valence-electron chi connectivity index (χ0n) is 10.5. The Labute approximate surface area is 102 Å².